The summed E-state index contributed by atoms with van der Waals surface area (Å²) < 4.78 is 5.42. The van der Waals surface area contributed by atoms with Gasteiger partial charge in [0.25, 0.3) is 0 Å². The molecule has 3 N–H and O–H groups in total. The Morgan fingerprint density at radius 1 is 1.00 bits per heavy atom. The summed E-state index contributed by atoms with van der Waals surface area (Å²) in [6, 6.07) is 16.1. The van der Waals surface area contributed by atoms with E-state index in [2.05, 4.69) is 22.4 Å². The van der Waals surface area contributed by atoms with Crippen molar-refractivity contribution in [2.24, 2.45) is 0 Å². The molecule has 4 rings (SSSR count). The highest BCUT2D eigenvalue weighted by Gasteiger charge is 2.29. The highest BCUT2D eigenvalue weighted by molar-refractivity contribution is 6.35. The number of halogens is 2. The first-order valence-corrected chi connectivity index (χ1v) is 10.5. The lowest BCUT2D eigenvalue weighted by molar-refractivity contribution is 0.0186. The predicted octanol–water partition coefficient (Wildman–Crippen LogP) is 4.32. The molecule has 6 nitrogen and oxygen atoms in total. The van der Waals surface area contributed by atoms with Gasteiger partial charge < -0.3 is 20.3 Å². The molecule has 3 aromatic rings. The van der Waals surface area contributed by atoms with Crippen LogP contribution in [0.4, 0.5) is 4.79 Å². The van der Waals surface area contributed by atoms with Gasteiger partial charge in [-0.05, 0) is 22.3 Å². The van der Waals surface area contributed by atoms with Crippen LogP contribution in [0.3, 0.4) is 0 Å². The quantitative estimate of drug-likeness (QED) is 0.511. The number of carbonyl (C=O) groups is 1. The lowest BCUT2D eigenvalue weighted by atomic mass is 9.98. The third kappa shape index (κ3) is 4.38. The van der Waals surface area contributed by atoms with Crippen molar-refractivity contribution < 1.29 is 19.7 Å². The molecule has 1 aliphatic rings. The number of hydrogen-bond donors (Lipinski definition) is 3. The Kier molecular flexibility index (Phi) is 6.43. The molecule has 2 unspecified atom stereocenters. The number of nitrogens with zero attached hydrogens (tertiary/aromatic N) is 1. The van der Waals surface area contributed by atoms with E-state index < -0.39 is 18.3 Å². The van der Waals surface area contributed by atoms with Gasteiger partial charge in [-0.3, -0.25) is 4.98 Å². The van der Waals surface area contributed by atoms with E-state index in [0.29, 0.717) is 0 Å². The molecule has 0 radical (unpaired) electrons. The minimum atomic E-state index is -1.39. The van der Waals surface area contributed by atoms with Crippen LogP contribution in [0.2, 0.25) is 10.0 Å². The van der Waals surface area contributed by atoms with Gasteiger partial charge in [-0.2, -0.15) is 0 Å². The van der Waals surface area contributed by atoms with E-state index in [9.17, 15) is 15.0 Å². The molecule has 0 spiro atoms. The summed E-state index contributed by atoms with van der Waals surface area (Å²) >= 11 is 12.0. The van der Waals surface area contributed by atoms with Gasteiger partial charge in [0, 0.05) is 30.4 Å². The first kappa shape index (κ1) is 21.6. The topological polar surface area (TPSA) is 91.7 Å². The third-order valence-corrected chi connectivity index (χ3v) is 5.95. The Bertz CT molecular complexity index is 1040. The number of alkyl carbamates (subject to hydrolysis) is 1. The molecule has 1 aromatic heterocycles. The molecule has 1 amide bonds. The summed E-state index contributed by atoms with van der Waals surface area (Å²) in [6.07, 6.45) is -0.787. The zero-order valence-electron chi connectivity index (χ0n) is 16.3. The molecule has 0 fully saturated rings. The van der Waals surface area contributed by atoms with Gasteiger partial charge in [0.2, 0.25) is 0 Å². The Morgan fingerprint density at radius 2 is 1.55 bits per heavy atom. The van der Waals surface area contributed by atoms with Crippen LogP contribution in [0, 0.1) is 0 Å². The van der Waals surface area contributed by atoms with Crippen LogP contribution in [0.25, 0.3) is 11.1 Å². The van der Waals surface area contributed by atoms with E-state index in [1.807, 2.05) is 36.4 Å². The molecule has 8 heteroatoms. The second-order valence-electron chi connectivity index (χ2n) is 7.24. The first-order valence-electron chi connectivity index (χ1n) is 9.71. The van der Waals surface area contributed by atoms with Crippen molar-refractivity contribution in [2.75, 3.05) is 13.2 Å². The van der Waals surface area contributed by atoms with Crippen molar-refractivity contribution in [3.05, 3.63) is 87.7 Å². The number of carbonyl (C=O) groups excluding carboxylic acids is 1. The lowest BCUT2D eigenvalue weighted by Gasteiger charge is -2.20. The maximum atomic E-state index is 12.2. The molecule has 0 bridgehead atoms. The van der Waals surface area contributed by atoms with Crippen molar-refractivity contribution in [1.29, 1.82) is 0 Å². The van der Waals surface area contributed by atoms with E-state index in [1.54, 1.807) is 0 Å². The van der Waals surface area contributed by atoms with Gasteiger partial charge in [-0.15, -0.1) is 0 Å². The summed E-state index contributed by atoms with van der Waals surface area (Å²) in [5.74, 6) is -0.0666. The maximum Gasteiger partial charge on any atom is 0.407 e. The standard InChI is InChI=1S/C23H20Cl2N2O4/c24-18-9-26-10-19(25)21(18)22(29)20(28)11-27-23(30)31-12-17-15-7-3-1-5-13(15)14-6-2-4-8-16(14)17/h1-10,17,20,22,28-29H,11-12H2,(H,27,30). The van der Waals surface area contributed by atoms with E-state index in [1.165, 1.54) is 12.4 Å². The number of fused-ring (bicyclic) bond motifs is 3. The average Bonchev–Trinajstić information content (AvgIpc) is 3.09. The Morgan fingerprint density at radius 3 is 2.13 bits per heavy atom. The summed E-state index contributed by atoms with van der Waals surface area (Å²) in [4.78, 5) is 16.0. The molecule has 31 heavy (non-hydrogen) atoms. The summed E-state index contributed by atoms with van der Waals surface area (Å²) in [5, 5.41) is 23.3. The number of rotatable bonds is 6. The van der Waals surface area contributed by atoms with E-state index >= 15 is 0 Å². The van der Waals surface area contributed by atoms with Crippen LogP contribution in [0.1, 0.15) is 28.7 Å². The second kappa shape index (κ2) is 9.24. The molecule has 1 heterocycles. The van der Waals surface area contributed by atoms with Gasteiger partial charge in [0.15, 0.2) is 0 Å². The number of aliphatic hydroxyl groups excluding tert-OH is 2. The van der Waals surface area contributed by atoms with E-state index in [-0.39, 0.29) is 34.7 Å². The number of amides is 1. The SMILES string of the molecule is O=C(NCC(O)C(O)c1c(Cl)cncc1Cl)OCC1c2ccccc2-c2ccccc21. The number of ether oxygens (including phenoxy) is 1. The Balaban J connectivity index is 1.36. The van der Waals surface area contributed by atoms with Crippen molar-refractivity contribution >= 4 is 29.3 Å². The van der Waals surface area contributed by atoms with Crippen LogP contribution < -0.4 is 5.32 Å². The fraction of sp³-hybridized carbons (Fsp3) is 0.217. The smallest absolute Gasteiger partial charge is 0.407 e. The first-order chi connectivity index (χ1) is 15.0. The number of hydrogen-bond acceptors (Lipinski definition) is 5. The summed E-state index contributed by atoms with van der Waals surface area (Å²) in [5.41, 5.74) is 4.64. The van der Waals surface area contributed by atoms with Crippen LogP contribution in [0.15, 0.2) is 60.9 Å². The van der Waals surface area contributed by atoms with Gasteiger partial charge in [0.05, 0.1) is 10.0 Å². The Hall–Kier alpha value is -2.64. The van der Waals surface area contributed by atoms with Gasteiger partial charge in [-0.25, -0.2) is 4.79 Å². The van der Waals surface area contributed by atoms with Crippen molar-refractivity contribution in [2.45, 2.75) is 18.1 Å². The Labute approximate surface area is 189 Å². The normalized spacial score (nSPS) is 14.5. The monoisotopic (exact) mass is 458 g/mol. The van der Waals surface area contributed by atoms with Gasteiger partial charge in [0.1, 0.15) is 18.8 Å². The molecule has 2 aromatic carbocycles. The van der Waals surface area contributed by atoms with Crippen LogP contribution in [-0.4, -0.2) is 40.5 Å². The molecular formula is C23H20Cl2N2O4. The molecule has 0 saturated heterocycles. The predicted molar refractivity (Wildman–Crippen MR) is 118 cm³/mol. The fourth-order valence-electron chi connectivity index (χ4n) is 3.85. The average molecular weight is 459 g/mol. The van der Waals surface area contributed by atoms with Gasteiger partial charge >= 0.3 is 6.09 Å². The van der Waals surface area contributed by atoms with Gasteiger partial charge in [-0.1, -0.05) is 71.7 Å². The fourth-order valence-corrected chi connectivity index (χ4v) is 4.43. The zero-order valence-corrected chi connectivity index (χ0v) is 17.8. The van der Waals surface area contributed by atoms with Crippen molar-refractivity contribution in [3.8, 4) is 11.1 Å². The van der Waals surface area contributed by atoms with Crippen molar-refractivity contribution in [1.82, 2.24) is 10.3 Å². The molecule has 1 aliphatic carbocycles. The maximum absolute atomic E-state index is 12.2. The van der Waals surface area contributed by atoms with E-state index in [4.69, 9.17) is 27.9 Å². The summed E-state index contributed by atoms with van der Waals surface area (Å²) in [7, 11) is 0. The number of aromatic nitrogens is 1. The lowest BCUT2D eigenvalue weighted by Crippen LogP contribution is -2.36. The number of pyridine rings is 1. The largest absolute Gasteiger partial charge is 0.449 e. The number of aliphatic hydroxyl groups is 2. The highest BCUT2D eigenvalue weighted by atomic mass is 35.5. The number of benzene rings is 2. The van der Waals surface area contributed by atoms with E-state index in [0.717, 1.165) is 22.3 Å². The molecule has 0 saturated carbocycles. The van der Waals surface area contributed by atoms with Crippen molar-refractivity contribution in [3.63, 3.8) is 0 Å². The molecule has 2 atom stereocenters. The minimum Gasteiger partial charge on any atom is -0.449 e. The van der Waals surface area contributed by atoms with Crippen LogP contribution in [-0.2, 0) is 4.74 Å². The third-order valence-electron chi connectivity index (χ3n) is 5.35. The molecule has 0 aliphatic heterocycles. The minimum absolute atomic E-state index is 0.0666. The number of nitrogens with one attached hydrogen (secondary N) is 1. The van der Waals surface area contributed by atoms with Crippen LogP contribution in [0.5, 0.6) is 0 Å². The molecule has 160 valence electrons. The second-order valence-corrected chi connectivity index (χ2v) is 8.05. The zero-order chi connectivity index (χ0) is 22.0. The highest BCUT2D eigenvalue weighted by Crippen LogP contribution is 2.44. The molecular weight excluding hydrogens is 439 g/mol. The summed E-state index contributed by atoms with van der Waals surface area (Å²) in [6.45, 7) is -0.0899. The van der Waals surface area contributed by atoms with Crippen LogP contribution >= 0.6 is 23.2 Å².